The number of sulfone groups is 1. The maximum absolute atomic E-state index is 13.0. The fourth-order valence-electron chi connectivity index (χ4n) is 3.09. The van der Waals surface area contributed by atoms with Gasteiger partial charge in [-0.1, -0.05) is 6.07 Å². The zero-order valence-corrected chi connectivity index (χ0v) is 15.8. The minimum Gasteiger partial charge on any atom is -0.321 e. The maximum atomic E-state index is 13.0. The molecule has 1 fully saturated rings. The summed E-state index contributed by atoms with van der Waals surface area (Å²) in [5.74, 6) is -0.677. The predicted molar refractivity (Wildman–Crippen MR) is 102 cm³/mol. The lowest BCUT2D eigenvalue weighted by molar-refractivity contribution is 0.102. The van der Waals surface area contributed by atoms with E-state index in [4.69, 9.17) is 0 Å². The van der Waals surface area contributed by atoms with E-state index in [9.17, 15) is 17.6 Å². The van der Waals surface area contributed by atoms with Crippen LogP contribution in [0, 0.1) is 5.82 Å². The van der Waals surface area contributed by atoms with Crippen LogP contribution < -0.4 is 5.32 Å². The van der Waals surface area contributed by atoms with Gasteiger partial charge in [-0.15, -0.1) is 11.3 Å². The average Bonchev–Trinajstić information content (AvgIpc) is 3.35. The van der Waals surface area contributed by atoms with Crippen molar-refractivity contribution in [3.63, 3.8) is 0 Å². The zero-order valence-electron chi connectivity index (χ0n) is 14.1. The Morgan fingerprint density at radius 3 is 2.67 bits per heavy atom. The van der Waals surface area contributed by atoms with Crippen LogP contribution in [0.15, 0.2) is 47.8 Å². The van der Waals surface area contributed by atoms with Crippen LogP contribution in [-0.2, 0) is 9.84 Å². The van der Waals surface area contributed by atoms with Gasteiger partial charge in [-0.25, -0.2) is 12.8 Å². The van der Waals surface area contributed by atoms with Crippen molar-refractivity contribution in [2.75, 3.05) is 16.8 Å². The van der Waals surface area contributed by atoms with Gasteiger partial charge in [0.1, 0.15) is 5.82 Å². The molecule has 0 spiro atoms. The van der Waals surface area contributed by atoms with Gasteiger partial charge in [0.05, 0.1) is 28.1 Å². The number of carbonyl (C=O) groups is 1. The smallest absolute Gasteiger partial charge is 0.276 e. The number of hydrogen-bond acceptors (Lipinski definition) is 5. The molecule has 1 aromatic carbocycles. The van der Waals surface area contributed by atoms with Gasteiger partial charge in [-0.3, -0.25) is 9.48 Å². The van der Waals surface area contributed by atoms with E-state index in [1.165, 1.54) is 35.6 Å². The summed E-state index contributed by atoms with van der Waals surface area (Å²) in [6.07, 6.45) is 0.474. The number of thiophene rings is 1. The monoisotopic (exact) mass is 405 g/mol. The summed E-state index contributed by atoms with van der Waals surface area (Å²) >= 11 is 1.50. The molecule has 3 aromatic rings. The molecule has 1 unspecified atom stereocenters. The second-order valence-corrected chi connectivity index (χ2v) is 9.53. The number of hydrogen-bond donors (Lipinski definition) is 1. The molecule has 140 valence electrons. The molecule has 0 radical (unpaired) electrons. The molecule has 2 aromatic heterocycles. The van der Waals surface area contributed by atoms with Crippen molar-refractivity contribution in [3.05, 3.63) is 59.4 Å². The molecule has 3 heterocycles. The summed E-state index contributed by atoms with van der Waals surface area (Å²) in [4.78, 5) is 13.5. The van der Waals surface area contributed by atoms with Gasteiger partial charge in [0.2, 0.25) is 0 Å². The van der Waals surface area contributed by atoms with Gasteiger partial charge in [0.25, 0.3) is 5.91 Å². The number of amides is 1. The van der Waals surface area contributed by atoms with E-state index < -0.39 is 15.7 Å². The van der Waals surface area contributed by atoms with Crippen LogP contribution >= 0.6 is 11.3 Å². The highest BCUT2D eigenvalue weighted by molar-refractivity contribution is 7.91. The van der Waals surface area contributed by atoms with Gasteiger partial charge >= 0.3 is 0 Å². The molecule has 9 heteroatoms. The molecular weight excluding hydrogens is 389 g/mol. The van der Waals surface area contributed by atoms with Crippen LogP contribution in [0.25, 0.3) is 10.6 Å². The zero-order chi connectivity index (χ0) is 19.0. The van der Waals surface area contributed by atoms with Crippen molar-refractivity contribution in [2.45, 2.75) is 12.5 Å². The highest BCUT2D eigenvalue weighted by Gasteiger charge is 2.32. The molecule has 1 amide bonds. The van der Waals surface area contributed by atoms with E-state index in [0.29, 0.717) is 12.1 Å². The van der Waals surface area contributed by atoms with Crippen LogP contribution in [0.4, 0.5) is 10.1 Å². The second kappa shape index (κ2) is 6.90. The molecule has 1 saturated heterocycles. The van der Waals surface area contributed by atoms with Crippen molar-refractivity contribution < 1.29 is 17.6 Å². The molecule has 1 aliphatic rings. The van der Waals surface area contributed by atoms with Gasteiger partial charge in [0, 0.05) is 5.69 Å². The molecule has 6 nitrogen and oxygen atoms in total. The maximum Gasteiger partial charge on any atom is 0.276 e. The summed E-state index contributed by atoms with van der Waals surface area (Å²) in [5.41, 5.74) is 1.36. The molecule has 1 aliphatic heterocycles. The molecule has 0 saturated carbocycles. The number of benzene rings is 1. The van der Waals surface area contributed by atoms with E-state index in [2.05, 4.69) is 10.4 Å². The molecule has 1 atom stereocenters. The fourth-order valence-corrected chi connectivity index (χ4v) is 5.51. The van der Waals surface area contributed by atoms with Crippen molar-refractivity contribution in [2.24, 2.45) is 0 Å². The van der Waals surface area contributed by atoms with Crippen LogP contribution in [-0.4, -0.2) is 35.6 Å². The molecule has 0 bridgehead atoms. The van der Waals surface area contributed by atoms with Gasteiger partial charge < -0.3 is 5.32 Å². The topological polar surface area (TPSA) is 81.1 Å². The summed E-state index contributed by atoms with van der Waals surface area (Å²) in [6, 6.07) is 10.6. The number of aromatic nitrogens is 2. The summed E-state index contributed by atoms with van der Waals surface area (Å²) in [6.45, 7) is 0. The molecular formula is C18H16FN3O3S2. The van der Waals surface area contributed by atoms with Gasteiger partial charge in [0.15, 0.2) is 15.5 Å². The first-order valence-electron chi connectivity index (χ1n) is 8.32. The molecule has 0 aliphatic carbocycles. The van der Waals surface area contributed by atoms with E-state index >= 15 is 0 Å². The number of halogens is 1. The van der Waals surface area contributed by atoms with Crippen LogP contribution in [0.2, 0.25) is 0 Å². The largest absolute Gasteiger partial charge is 0.321 e. The van der Waals surface area contributed by atoms with E-state index in [0.717, 1.165) is 10.6 Å². The number of rotatable bonds is 4. The SMILES string of the molecule is O=C(Nc1ccc(F)cc1)c1cc(-c2cccs2)n(C2CCS(=O)(=O)C2)n1. The van der Waals surface area contributed by atoms with Crippen molar-refractivity contribution >= 4 is 32.8 Å². The van der Waals surface area contributed by atoms with Crippen LogP contribution in [0.5, 0.6) is 0 Å². The number of nitrogens with zero attached hydrogens (tertiary/aromatic N) is 2. The average molecular weight is 405 g/mol. The Morgan fingerprint density at radius 2 is 2.04 bits per heavy atom. The predicted octanol–water partition coefficient (Wildman–Crippen LogP) is 3.36. The normalized spacial score (nSPS) is 18.5. The minimum atomic E-state index is -3.09. The summed E-state index contributed by atoms with van der Waals surface area (Å²) in [7, 11) is -3.09. The lowest BCUT2D eigenvalue weighted by Crippen LogP contribution is -2.16. The Bertz CT molecular complexity index is 1070. The highest BCUT2D eigenvalue weighted by Crippen LogP contribution is 2.32. The van der Waals surface area contributed by atoms with Crippen molar-refractivity contribution in [1.82, 2.24) is 9.78 Å². The van der Waals surface area contributed by atoms with Crippen LogP contribution in [0.3, 0.4) is 0 Å². The second-order valence-electron chi connectivity index (χ2n) is 6.35. The third-order valence-electron chi connectivity index (χ3n) is 4.40. The standard InChI is InChI=1S/C18H16FN3O3S2/c19-12-3-5-13(6-4-12)20-18(23)15-10-16(17-2-1-8-26-17)22(21-15)14-7-9-27(24,25)11-14/h1-6,8,10,14H,7,9,11H2,(H,20,23). The van der Waals surface area contributed by atoms with Crippen molar-refractivity contribution in [3.8, 4) is 10.6 Å². The van der Waals surface area contributed by atoms with Gasteiger partial charge in [-0.05, 0) is 48.2 Å². The first-order chi connectivity index (χ1) is 12.9. The fraction of sp³-hybridized carbons (Fsp3) is 0.222. The Kier molecular flexibility index (Phi) is 4.56. The van der Waals surface area contributed by atoms with E-state index in [-0.39, 0.29) is 29.1 Å². The third-order valence-corrected chi connectivity index (χ3v) is 7.04. The van der Waals surface area contributed by atoms with E-state index in [1.54, 1.807) is 10.7 Å². The lowest BCUT2D eigenvalue weighted by Gasteiger charge is -2.12. The first kappa shape index (κ1) is 17.9. The van der Waals surface area contributed by atoms with E-state index in [1.807, 2.05) is 17.5 Å². The summed E-state index contributed by atoms with van der Waals surface area (Å²) in [5, 5.41) is 8.99. The number of nitrogens with one attached hydrogen (secondary N) is 1. The third kappa shape index (κ3) is 3.79. The van der Waals surface area contributed by atoms with Crippen molar-refractivity contribution in [1.29, 1.82) is 0 Å². The first-order valence-corrected chi connectivity index (χ1v) is 11.0. The quantitative estimate of drug-likeness (QED) is 0.722. The minimum absolute atomic E-state index is 0.0199. The molecule has 1 N–H and O–H groups in total. The molecule has 4 rings (SSSR count). The Balaban J connectivity index is 1.66. The Labute approximate surface area is 159 Å². The number of anilines is 1. The lowest BCUT2D eigenvalue weighted by atomic mass is 10.2. The Morgan fingerprint density at radius 1 is 1.26 bits per heavy atom. The van der Waals surface area contributed by atoms with Crippen LogP contribution in [0.1, 0.15) is 23.0 Å². The highest BCUT2D eigenvalue weighted by atomic mass is 32.2. The number of carbonyl (C=O) groups excluding carboxylic acids is 1. The van der Waals surface area contributed by atoms with Gasteiger partial charge in [-0.2, -0.15) is 5.10 Å². The Hall–Kier alpha value is -2.52. The summed E-state index contributed by atoms with van der Waals surface area (Å²) < 4.78 is 38.4. The molecule has 27 heavy (non-hydrogen) atoms.